The molecule has 0 aliphatic carbocycles. The van der Waals surface area contributed by atoms with Crippen LogP contribution in [0, 0.1) is 0 Å². The van der Waals surface area contributed by atoms with Crippen LogP contribution in [0.1, 0.15) is 39.5 Å². The van der Waals surface area contributed by atoms with Gasteiger partial charge in [0.05, 0.1) is 12.7 Å². The largest absolute Gasteiger partial charge is 0.394 e. The summed E-state index contributed by atoms with van der Waals surface area (Å²) >= 11 is 0. The lowest BCUT2D eigenvalue weighted by Gasteiger charge is -2.40. The maximum absolute atomic E-state index is 9.85. The summed E-state index contributed by atoms with van der Waals surface area (Å²) in [6.45, 7) is 3.63. The van der Waals surface area contributed by atoms with Crippen molar-refractivity contribution in [3.8, 4) is 0 Å². The van der Waals surface area contributed by atoms with Gasteiger partial charge in [-0.3, -0.25) is 0 Å². The van der Waals surface area contributed by atoms with Crippen molar-refractivity contribution < 1.29 is 29.9 Å². The van der Waals surface area contributed by atoms with Gasteiger partial charge in [-0.1, -0.05) is 26.7 Å². The van der Waals surface area contributed by atoms with Gasteiger partial charge in [-0.15, -0.1) is 0 Å². The van der Waals surface area contributed by atoms with Crippen LogP contribution in [0.5, 0.6) is 0 Å². The summed E-state index contributed by atoms with van der Waals surface area (Å²) in [5, 5.41) is 38.2. The third-order valence-corrected chi connectivity index (χ3v) is 3.51. The van der Waals surface area contributed by atoms with E-state index in [0.29, 0.717) is 0 Å². The molecule has 1 unspecified atom stereocenters. The molecule has 0 spiro atoms. The molecule has 6 nitrogen and oxygen atoms in total. The van der Waals surface area contributed by atoms with Crippen LogP contribution in [0.2, 0.25) is 0 Å². The maximum atomic E-state index is 9.85. The number of hydrogen-bond acceptors (Lipinski definition) is 6. The molecule has 4 N–H and O–H groups in total. The predicted molar refractivity (Wildman–Crippen MR) is 68.5 cm³/mol. The van der Waals surface area contributed by atoms with Crippen molar-refractivity contribution in [2.45, 2.75) is 76.3 Å². The molecule has 6 heteroatoms. The van der Waals surface area contributed by atoms with Gasteiger partial charge in [-0.2, -0.15) is 0 Å². The van der Waals surface area contributed by atoms with Crippen LogP contribution in [-0.2, 0) is 9.47 Å². The number of rotatable bonds is 7. The second-order valence-electron chi connectivity index (χ2n) is 5.01. The van der Waals surface area contributed by atoms with Gasteiger partial charge in [0.15, 0.2) is 6.29 Å². The van der Waals surface area contributed by atoms with Crippen LogP contribution in [0.3, 0.4) is 0 Å². The van der Waals surface area contributed by atoms with Gasteiger partial charge < -0.3 is 29.9 Å². The molecule has 6 atom stereocenters. The van der Waals surface area contributed by atoms with E-state index < -0.39 is 37.3 Å². The van der Waals surface area contributed by atoms with Crippen molar-refractivity contribution in [2.75, 3.05) is 6.61 Å². The van der Waals surface area contributed by atoms with Gasteiger partial charge in [0, 0.05) is 0 Å². The Bertz CT molecular complexity index is 247. The summed E-state index contributed by atoms with van der Waals surface area (Å²) in [6.07, 6.45) is -2.34. The van der Waals surface area contributed by atoms with Crippen molar-refractivity contribution >= 4 is 0 Å². The first-order chi connectivity index (χ1) is 9.04. The molecule has 19 heavy (non-hydrogen) atoms. The van der Waals surface area contributed by atoms with Crippen LogP contribution < -0.4 is 0 Å². The fraction of sp³-hybridized carbons (Fsp3) is 1.00. The Labute approximate surface area is 114 Å². The molecule has 114 valence electrons. The Kier molecular flexibility index (Phi) is 7.20. The zero-order chi connectivity index (χ0) is 14.4. The minimum Gasteiger partial charge on any atom is -0.394 e. The zero-order valence-electron chi connectivity index (χ0n) is 11.6. The van der Waals surface area contributed by atoms with Crippen molar-refractivity contribution in [1.29, 1.82) is 0 Å². The van der Waals surface area contributed by atoms with E-state index >= 15 is 0 Å². The van der Waals surface area contributed by atoms with Crippen LogP contribution in [0.4, 0.5) is 0 Å². The summed E-state index contributed by atoms with van der Waals surface area (Å²) in [5.41, 5.74) is 0. The monoisotopic (exact) mass is 278 g/mol. The van der Waals surface area contributed by atoms with Crippen LogP contribution in [0.15, 0.2) is 0 Å². The first kappa shape index (κ1) is 16.8. The fourth-order valence-electron chi connectivity index (χ4n) is 2.17. The molecule has 0 bridgehead atoms. The van der Waals surface area contributed by atoms with Gasteiger partial charge in [0.25, 0.3) is 0 Å². The lowest BCUT2D eigenvalue weighted by Crippen LogP contribution is -2.59. The van der Waals surface area contributed by atoms with E-state index in [1.807, 2.05) is 6.92 Å². The number of ether oxygens (including phenoxy) is 2. The molecular weight excluding hydrogens is 252 g/mol. The molecule has 1 saturated heterocycles. The maximum Gasteiger partial charge on any atom is 0.186 e. The summed E-state index contributed by atoms with van der Waals surface area (Å²) in [6, 6.07) is 0. The van der Waals surface area contributed by atoms with E-state index in [1.54, 1.807) is 0 Å². The topological polar surface area (TPSA) is 99.4 Å². The van der Waals surface area contributed by atoms with Gasteiger partial charge in [0.2, 0.25) is 0 Å². The summed E-state index contributed by atoms with van der Waals surface area (Å²) in [7, 11) is 0. The minimum absolute atomic E-state index is 0.0682. The molecule has 0 aromatic rings. The third kappa shape index (κ3) is 4.37. The molecule has 0 saturated carbocycles. The Morgan fingerprint density at radius 2 is 1.79 bits per heavy atom. The fourth-order valence-corrected chi connectivity index (χ4v) is 2.17. The SMILES string of the molecule is CCCCC(CC)O[C@@H]1O[C@H](CO)[C@@H](O)[C@H](O)[C@H]1O. The van der Waals surface area contributed by atoms with E-state index in [1.165, 1.54) is 0 Å². The summed E-state index contributed by atoms with van der Waals surface area (Å²) in [4.78, 5) is 0. The van der Waals surface area contributed by atoms with E-state index in [4.69, 9.17) is 14.6 Å². The molecule has 0 amide bonds. The molecule has 1 aliphatic rings. The minimum atomic E-state index is -1.38. The molecule has 0 aromatic heterocycles. The van der Waals surface area contributed by atoms with Crippen molar-refractivity contribution in [1.82, 2.24) is 0 Å². The molecule has 0 radical (unpaired) electrons. The smallest absolute Gasteiger partial charge is 0.186 e. The molecule has 1 fully saturated rings. The van der Waals surface area contributed by atoms with Crippen molar-refractivity contribution in [3.05, 3.63) is 0 Å². The molecule has 0 aromatic carbocycles. The molecular formula is C13H26O6. The zero-order valence-corrected chi connectivity index (χ0v) is 11.6. The van der Waals surface area contributed by atoms with E-state index in [2.05, 4.69) is 6.92 Å². The number of hydrogen-bond donors (Lipinski definition) is 4. The van der Waals surface area contributed by atoms with Gasteiger partial charge in [-0.05, 0) is 12.8 Å². The molecule has 1 heterocycles. The Balaban J connectivity index is 2.59. The highest BCUT2D eigenvalue weighted by atomic mass is 16.7. The highest BCUT2D eigenvalue weighted by molar-refractivity contribution is 4.89. The second kappa shape index (κ2) is 8.14. The first-order valence-corrected chi connectivity index (χ1v) is 7.01. The molecule has 1 rings (SSSR count). The van der Waals surface area contributed by atoms with Crippen molar-refractivity contribution in [3.63, 3.8) is 0 Å². The van der Waals surface area contributed by atoms with Crippen LogP contribution >= 0.6 is 0 Å². The number of unbranched alkanes of at least 4 members (excludes halogenated alkanes) is 1. The number of aliphatic hydroxyl groups excluding tert-OH is 4. The Hall–Kier alpha value is -0.240. The Morgan fingerprint density at radius 3 is 2.32 bits per heavy atom. The normalized spacial score (nSPS) is 37.3. The molecule has 1 aliphatic heterocycles. The average Bonchev–Trinajstić information content (AvgIpc) is 2.43. The van der Waals surface area contributed by atoms with E-state index in [0.717, 1.165) is 25.7 Å². The van der Waals surface area contributed by atoms with Crippen LogP contribution in [0.25, 0.3) is 0 Å². The third-order valence-electron chi connectivity index (χ3n) is 3.51. The van der Waals surface area contributed by atoms with Crippen LogP contribution in [-0.4, -0.2) is 63.8 Å². The average molecular weight is 278 g/mol. The second-order valence-corrected chi connectivity index (χ2v) is 5.01. The lowest BCUT2D eigenvalue weighted by molar-refractivity contribution is -0.311. The highest BCUT2D eigenvalue weighted by Crippen LogP contribution is 2.24. The summed E-state index contributed by atoms with van der Waals surface area (Å²) < 4.78 is 11.0. The number of aliphatic hydroxyl groups is 4. The van der Waals surface area contributed by atoms with Gasteiger partial charge in [0.1, 0.15) is 24.4 Å². The highest BCUT2D eigenvalue weighted by Gasteiger charge is 2.44. The van der Waals surface area contributed by atoms with Crippen molar-refractivity contribution in [2.24, 2.45) is 0 Å². The quantitative estimate of drug-likeness (QED) is 0.513. The van der Waals surface area contributed by atoms with Gasteiger partial charge >= 0.3 is 0 Å². The Morgan fingerprint density at radius 1 is 1.11 bits per heavy atom. The summed E-state index contributed by atoms with van der Waals surface area (Å²) in [5.74, 6) is 0. The van der Waals surface area contributed by atoms with E-state index in [9.17, 15) is 15.3 Å². The predicted octanol–water partition coefficient (Wildman–Crippen LogP) is -0.228. The lowest BCUT2D eigenvalue weighted by atomic mass is 9.99. The first-order valence-electron chi connectivity index (χ1n) is 7.01. The van der Waals surface area contributed by atoms with Gasteiger partial charge in [-0.25, -0.2) is 0 Å². The standard InChI is InChI=1S/C13H26O6/c1-3-5-6-8(4-2)18-13-12(17)11(16)10(15)9(7-14)19-13/h8-17H,3-7H2,1-2H3/t8?,9-,10-,11+,12-,13-/m1/s1. The van der Waals surface area contributed by atoms with E-state index in [-0.39, 0.29) is 6.10 Å².